The highest BCUT2D eigenvalue weighted by molar-refractivity contribution is 5.95. The number of aromatic nitrogens is 4. The Morgan fingerprint density at radius 1 is 1.35 bits per heavy atom. The molecule has 0 unspecified atom stereocenters. The number of aliphatic hydroxyl groups is 1. The molecule has 1 aliphatic rings. The van der Waals surface area contributed by atoms with Gasteiger partial charge < -0.3 is 14.9 Å². The number of amides is 1. The molecular weight excluding hydrogens is 332 g/mol. The number of carbonyl (C=O) groups is 1. The molecule has 0 bridgehead atoms. The Morgan fingerprint density at radius 3 is 2.77 bits per heavy atom. The lowest BCUT2D eigenvalue weighted by atomic mass is 9.96. The van der Waals surface area contributed by atoms with Crippen LogP contribution in [0.25, 0.3) is 5.69 Å². The van der Waals surface area contributed by atoms with Gasteiger partial charge in [0.15, 0.2) is 5.82 Å². The summed E-state index contributed by atoms with van der Waals surface area (Å²) in [6.45, 7) is 7.13. The summed E-state index contributed by atoms with van der Waals surface area (Å²) < 4.78 is 1.61. The van der Waals surface area contributed by atoms with Crippen LogP contribution in [0.2, 0.25) is 0 Å². The fourth-order valence-corrected chi connectivity index (χ4v) is 3.47. The van der Waals surface area contributed by atoms with E-state index >= 15 is 0 Å². The van der Waals surface area contributed by atoms with Crippen molar-refractivity contribution in [2.24, 2.45) is 11.8 Å². The van der Waals surface area contributed by atoms with E-state index in [-0.39, 0.29) is 18.4 Å². The molecule has 2 atom stereocenters. The summed E-state index contributed by atoms with van der Waals surface area (Å²) in [5.41, 5.74) is 1.37. The van der Waals surface area contributed by atoms with Crippen LogP contribution in [-0.4, -0.2) is 80.9 Å². The monoisotopic (exact) mass is 358 g/mol. The maximum absolute atomic E-state index is 13.0. The second kappa shape index (κ2) is 7.92. The molecule has 8 nitrogen and oxygen atoms in total. The highest BCUT2D eigenvalue weighted by atomic mass is 16.3. The molecule has 1 aromatic carbocycles. The van der Waals surface area contributed by atoms with Gasteiger partial charge in [-0.3, -0.25) is 4.79 Å². The Morgan fingerprint density at radius 2 is 2.12 bits per heavy atom. The summed E-state index contributed by atoms with van der Waals surface area (Å²) in [7, 11) is 2.07. The van der Waals surface area contributed by atoms with Crippen molar-refractivity contribution in [3.05, 3.63) is 35.7 Å². The minimum atomic E-state index is -0.0160. The van der Waals surface area contributed by atoms with Gasteiger partial charge in [0.2, 0.25) is 0 Å². The van der Waals surface area contributed by atoms with Crippen LogP contribution >= 0.6 is 0 Å². The molecule has 0 aliphatic carbocycles. The van der Waals surface area contributed by atoms with Gasteiger partial charge in [-0.1, -0.05) is 13.0 Å². The molecule has 0 radical (unpaired) electrons. The normalized spacial score (nSPS) is 20.1. The lowest BCUT2D eigenvalue weighted by Crippen LogP contribution is -2.32. The SMILES string of the molecule is CCN(C)C[C@@H]1CN(C(=O)c2cccc(-n3nnnc3C)c2)C[C@@H]1CO. The number of rotatable bonds is 6. The minimum Gasteiger partial charge on any atom is -0.396 e. The fraction of sp³-hybridized carbons (Fsp3) is 0.556. The first kappa shape index (κ1) is 18.5. The number of aliphatic hydroxyl groups excluding tert-OH is 1. The Bertz CT molecular complexity index is 762. The van der Waals surface area contributed by atoms with E-state index in [2.05, 4.69) is 34.4 Å². The van der Waals surface area contributed by atoms with Gasteiger partial charge in [-0.25, -0.2) is 0 Å². The van der Waals surface area contributed by atoms with Gasteiger partial charge in [0.05, 0.1) is 5.69 Å². The van der Waals surface area contributed by atoms with Crippen LogP contribution < -0.4 is 0 Å². The molecule has 26 heavy (non-hydrogen) atoms. The second-order valence-electron chi connectivity index (χ2n) is 6.96. The molecule has 8 heteroatoms. The molecular formula is C18H26N6O2. The number of aryl methyl sites for hydroxylation is 1. The van der Waals surface area contributed by atoms with Gasteiger partial charge in [0, 0.05) is 37.7 Å². The number of hydrogen-bond donors (Lipinski definition) is 1. The van der Waals surface area contributed by atoms with Crippen molar-refractivity contribution < 1.29 is 9.90 Å². The maximum Gasteiger partial charge on any atom is 0.253 e. The van der Waals surface area contributed by atoms with Crippen molar-refractivity contribution in [3.63, 3.8) is 0 Å². The van der Waals surface area contributed by atoms with Crippen molar-refractivity contribution >= 4 is 5.91 Å². The number of tetrazole rings is 1. The molecule has 3 rings (SSSR count). The van der Waals surface area contributed by atoms with E-state index < -0.39 is 0 Å². The van der Waals surface area contributed by atoms with E-state index in [9.17, 15) is 9.90 Å². The first-order chi connectivity index (χ1) is 12.5. The van der Waals surface area contributed by atoms with Crippen LogP contribution in [0, 0.1) is 18.8 Å². The van der Waals surface area contributed by atoms with Gasteiger partial charge in [-0.05, 0) is 55.1 Å². The van der Waals surface area contributed by atoms with Gasteiger partial charge in [-0.15, -0.1) is 5.10 Å². The molecule has 1 aromatic heterocycles. The second-order valence-corrected chi connectivity index (χ2v) is 6.96. The molecule has 140 valence electrons. The predicted molar refractivity (Wildman–Crippen MR) is 97.0 cm³/mol. The lowest BCUT2D eigenvalue weighted by Gasteiger charge is -2.22. The van der Waals surface area contributed by atoms with Crippen LogP contribution in [0.3, 0.4) is 0 Å². The molecule has 0 saturated carbocycles. The van der Waals surface area contributed by atoms with Crippen molar-refractivity contribution in [2.75, 3.05) is 39.8 Å². The Kier molecular flexibility index (Phi) is 5.63. The Labute approximate surface area is 153 Å². The van der Waals surface area contributed by atoms with Crippen LogP contribution in [0.5, 0.6) is 0 Å². The molecule has 0 spiro atoms. The number of likely N-dealkylation sites (tertiary alicyclic amines) is 1. The molecule has 1 aliphatic heterocycles. The zero-order valence-corrected chi connectivity index (χ0v) is 15.5. The van der Waals surface area contributed by atoms with E-state index in [0.29, 0.717) is 30.4 Å². The summed E-state index contributed by atoms with van der Waals surface area (Å²) >= 11 is 0. The van der Waals surface area contributed by atoms with Crippen LogP contribution in [0.15, 0.2) is 24.3 Å². The quantitative estimate of drug-likeness (QED) is 0.814. The molecule has 1 fully saturated rings. The first-order valence-electron chi connectivity index (χ1n) is 8.97. The molecule has 2 heterocycles. The van der Waals surface area contributed by atoms with Gasteiger partial charge >= 0.3 is 0 Å². The van der Waals surface area contributed by atoms with Crippen molar-refractivity contribution in [1.29, 1.82) is 0 Å². The summed E-state index contributed by atoms with van der Waals surface area (Å²) in [6.07, 6.45) is 0. The highest BCUT2D eigenvalue weighted by Crippen LogP contribution is 2.26. The van der Waals surface area contributed by atoms with Crippen LogP contribution in [0.4, 0.5) is 0 Å². The smallest absolute Gasteiger partial charge is 0.253 e. The highest BCUT2D eigenvalue weighted by Gasteiger charge is 2.35. The average Bonchev–Trinajstić information content (AvgIpc) is 3.27. The van der Waals surface area contributed by atoms with E-state index in [1.54, 1.807) is 4.68 Å². The van der Waals surface area contributed by atoms with Crippen molar-refractivity contribution in [2.45, 2.75) is 13.8 Å². The average molecular weight is 358 g/mol. The number of benzene rings is 1. The van der Waals surface area contributed by atoms with Crippen molar-refractivity contribution in [3.8, 4) is 5.69 Å². The minimum absolute atomic E-state index is 0.0160. The Balaban J connectivity index is 1.76. The maximum atomic E-state index is 13.0. The third-order valence-corrected chi connectivity index (χ3v) is 5.15. The number of nitrogens with zero attached hydrogens (tertiary/aromatic N) is 6. The topological polar surface area (TPSA) is 87.4 Å². The third kappa shape index (κ3) is 3.76. The fourth-order valence-electron chi connectivity index (χ4n) is 3.47. The third-order valence-electron chi connectivity index (χ3n) is 5.15. The van der Waals surface area contributed by atoms with E-state index in [1.807, 2.05) is 36.1 Å². The van der Waals surface area contributed by atoms with Gasteiger partial charge in [0.25, 0.3) is 5.91 Å². The first-order valence-corrected chi connectivity index (χ1v) is 8.97. The van der Waals surface area contributed by atoms with Gasteiger partial charge in [-0.2, -0.15) is 4.68 Å². The summed E-state index contributed by atoms with van der Waals surface area (Å²) in [6, 6.07) is 7.33. The van der Waals surface area contributed by atoms with Crippen LogP contribution in [-0.2, 0) is 0 Å². The van der Waals surface area contributed by atoms with E-state index in [0.717, 1.165) is 18.8 Å². The lowest BCUT2D eigenvalue weighted by molar-refractivity contribution is 0.0779. The zero-order chi connectivity index (χ0) is 18.7. The van der Waals surface area contributed by atoms with Gasteiger partial charge in [0.1, 0.15) is 0 Å². The number of carbonyl (C=O) groups excluding carboxylic acids is 1. The summed E-state index contributed by atoms with van der Waals surface area (Å²) in [4.78, 5) is 17.1. The standard InChI is InChI=1S/C18H26N6O2/c1-4-22(3)9-15-10-23(11-16(15)12-25)18(26)14-6-5-7-17(8-14)24-13(2)19-20-21-24/h5-8,15-16,25H,4,9-12H2,1-3H3/t15-,16-/m1/s1. The Hall–Kier alpha value is -2.32. The molecule has 1 N–H and O–H groups in total. The summed E-state index contributed by atoms with van der Waals surface area (Å²) in [5.74, 6) is 1.06. The molecule has 1 amide bonds. The largest absolute Gasteiger partial charge is 0.396 e. The zero-order valence-electron chi connectivity index (χ0n) is 15.5. The molecule has 1 saturated heterocycles. The predicted octanol–water partition coefficient (Wildman–Crippen LogP) is 0.603. The number of hydrogen-bond acceptors (Lipinski definition) is 6. The summed E-state index contributed by atoms with van der Waals surface area (Å²) in [5, 5.41) is 21.2. The van der Waals surface area contributed by atoms with E-state index in [4.69, 9.17) is 0 Å². The van der Waals surface area contributed by atoms with Crippen LogP contribution in [0.1, 0.15) is 23.1 Å². The van der Waals surface area contributed by atoms with Crippen molar-refractivity contribution in [1.82, 2.24) is 30.0 Å². The van der Waals surface area contributed by atoms with E-state index in [1.165, 1.54) is 0 Å². The molecule has 2 aromatic rings.